The quantitative estimate of drug-likeness (QED) is 0.0228. The Morgan fingerprint density at radius 1 is 0.466 bits per heavy atom. The fraction of sp³-hybridized carbons (Fsp3) is 0.770. The van der Waals surface area contributed by atoms with Crippen molar-refractivity contribution in [1.29, 1.82) is 0 Å². The number of carbonyl (C=O) groups excluding carboxylic acids is 3. The Balaban J connectivity index is 2.73. The summed E-state index contributed by atoms with van der Waals surface area (Å²) >= 11 is 0. The first-order chi connectivity index (χ1) is 35.6. The molecule has 0 saturated carbocycles. The van der Waals surface area contributed by atoms with Gasteiger partial charge >= 0.3 is 23.9 Å². The van der Waals surface area contributed by atoms with Crippen LogP contribution in [0.15, 0.2) is 60.8 Å². The van der Waals surface area contributed by atoms with Crippen molar-refractivity contribution in [2.24, 2.45) is 0 Å². The van der Waals surface area contributed by atoms with Gasteiger partial charge in [0, 0.05) is 19.3 Å². The minimum absolute atomic E-state index is 0.0466. The summed E-state index contributed by atoms with van der Waals surface area (Å²) in [6.45, 7) is 5.83. The third kappa shape index (κ3) is 39.5. The smallest absolute Gasteiger partial charge is 0.335 e. The van der Waals surface area contributed by atoms with Gasteiger partial charge in [-0.1, -0.05) is 210 Å². The van der Waals surface area contributed by atoms with E-state index in [-0.39, 0.29) is 25.9 Å². The Hall–Kier alpha value is -3.58. The van der Waals surface area contributed by atoms with Crippen molar-refractivity contribution >= 4 is 23.9 Å². The highest BCUT2D eigenvalue weighted by Crippen LogP contribution is 2.26. The largest absolute Gasteiger partial charge is 0.479 e. The maximum atomic E-state index is 13.1. The average Bonchev–Trinajstić information content (AvgIpc) is 3.37. The van der Waals surface area contributed by atoms with Crippen LogP contribution in [0.5, 0.6) is 0 Å². The molecule has 6 unspecified atom stereocenters. The number of hydrogen-bond donors (Lipinski definition) is 3. The summed E-state index contributed by atoms with van der Waals surface area (Å²) in [6.07, 6.45) is 47.7. The lowest BCUT2D eigenvalue weighted by atomic mass is 9.98. The van der Waals surface area contributed by atoms with E-state index in [1.165, 1.54) is 96.3 Å². The molecule has 0 spiro atoms. The van der Waals surface area contributed by atoms with E-state index in [0.29, 0.717) is 19.3 Å². The lowest BCUT2D eigenvalue weighted by Gasteiger charge is -2.40. The summed E-state index contributed by atoms with van der Waals surface area (Å²) < 4.78 is 28.4. The summed E-state index contributed by atoms with van der Waals surface area (Å²) in [5, 5.41) is 31.4. The SMILES string of the molecule is CC/C=C\C/C=C\C/C=C\C/C=C\CCCCC(=O)OCC(COC1OC(C(=O)O)C(O)C(O)C1OC(=O)CCCCCCC/C=C\CCCCCC)OC(=O)CCCCCCCCCCCCCCCCC. The van der Waals surface area contributed by atoms with E-state index < -0.39 is 67.3 Å². The molecule has 3 N–H and O–H groups in total. The van der Waals surface area contributed by atoms with E-state index in [1.807, 2.05) is 0 Å². The molecular formula is C61H104O12. The number of aliphatic hydroxyl groups is 2. The molecular weight excluding hydrogens is 925 g/mol. The van der Waals surface area contributed by atoms with Crippen LogP contribution in [0.3, 0.4) is 0 Å². The van der Waals surface area contributed by atoms with Crippen molar-refractivity contribution in [3.8, 4) is 0 Å². The Kier molecular flexibility index (Phi) is 45.5. The average molecular weight is 1030 g/mol. The molecule has 12 heteroatoms. The van der Waals surface area contributed by atoms with Crippen molar-refractivity contribution in [2.75, 3.05) is 13.2 Å². The highest BCUT2D eigenvalue weighted by molar-refractivity contribution is 5.74. The number of esters is 3. The number of carboxylic acids is 1. The van der Waals surface area contributed by atoms with Crippen LogP contribution in [0, 0.1) is 0 Å². The van der Waals surface area contributed by atoms with Crippen LogP contribution in [-0.2, 0) is 42.9 Å². The first kappa shape index (κ1) is 67.4. The molecule has 1 aliphatic rings. The summed E-state index contributed by atoms with van der Waals surface area (Å²) in [5.74, 6) is -3.17. The molecule has 1 heterocycles. The van der Waals surface area contributed by atoms with Crippen molar-refractivity contribution < 1.29 is 58.2 Å². The first-order valence-electron chi connectivity index (χ1n) is 29.3. The van der Waals surface area contributed by atoms with Crippen LogP contribution < -0.4 is 0 Å². The molecule has 1 fully saturated rings. The monoisotopic (exact) mass is 1030 g/mol. The summed E-state index contributed by atoms with van der Waals surface area (Å²) in [7, 11) is 0. The molecule has 1 aliphatic heterocycles. The van der Waals surface area contributed by atoms with Gasteiger partial charge in [-0.25, -0.2) is 4.79 Å². The molecule has 1 rings (SSSR count). The molecule has 73 heavy (non-hydrogen) atoms. The second-order valence-electron chi connectivity index (χ2n) is 19.9. The normalized spacial score (nSPS) is 18.7. The fourth-order valence-corrected chi connectivity index (χ4v) is 8.59. The van der Waals surface area contributed by atoms with Crippen LogP contribution in [0.25, 0.3) is 0 Å². The van der Waals surface area contributed by atoms with Gasteiger partial charge < -0.3 is 39.0 Å². The van der Waals surface area contributed by atoms with Gasteiger partial charge in [0.2, 0.25) is 0 Å². The maximum absolute atomic E-state index is 13.1. The van der Waals surface area contributed by atoms with E-state index in [4.69, 9.17) is 23.7 Å². The molecule has 6 atom stereocenters. The van der Waals surface area contributed by atoms with Gasteiger partial charge in [-0.2, -0.15) is 0 Å². The minimum Gasteiger partial charge on any atom is -0.479 e. The summed E-state index contributed by atoms with van der Waals surface area (Å²) in [4.78, 5) is 51.0. The summed E-state index contributed by atoms with van der Waals surface area (Å²) in [5.41, 5.74) is 0. The number of carbonyl (C=O) groups is 4. The van der Waals surface area contributed by atoms with Gasteiger partial charge in [0.1, 0.15) is 18.8 Å². The number of allylic oxidation sites excluding steroid dienone is 10. The van der Waals surface area contributed by atoms with E-state index in [2.05, 4.69) is 81.5 Å². The number of rotatable bonds is 49. The molecule has 0 amide bonds. The minimum atomic E-state index is -1.91. The van der Waals surface area contributed by atoms with Crippen LogP contribution in [-0.4, -0.2) is 89.2 Å². The molecule has 420 valence electrons. The molecule has 1 saturated heterocycles. The second-order valence-corrected chi connectivity index (χ2v) is 19.9. The predicted octanol–water partition coefficient (Wildman–Crippen LogP) is 14.8. The van der Waals surface area contributed by atoms with Gasteiger partial charge in [0.25, 0.3) is 0 Å². The van der Waals surface area contributed by atoms with E-state index in [9.17, 15) is 34.5 Å². The van der Waals surface area contributed by atoms with Gasteiger partial charge in [-0.05, 0) is 83.5 Å². The molecule has 0 radical (unpaired) electrons. The van der Waals surface area contributed by atoms with Crippen LogP contribution in [0.2, 0.25) is 0 Å². The van der Waals surface area contributed by atoms with Crippen LogP contribution in [0.4, 0.5) is 0 Å². The Labute approximate surface area is 443 Å². The molecule has 0 aromatic heterocycles. The van der Waals surface area contributed by atoms with Crippen molar-refractivity contribution in [3.05, 3.63) is 60.8 Å². The van der Waals surface area contributed by atoms with Crippen molar-refractivity contribution in [3.63, 3.8) is 0 Å². The van der Waals surface area contributed by atoms with Crippen molar-refractivity contribution in [2.45, 2.75) is 289 Å². The lowest BCUT2D eigenvalue weighted by molar-refractivity contribution is -0.301. The van der Waals surface area contributed by atoms with E-state index in [1.54, 1.807) is 0 Å². The predicted molar refractivity (Wildman–Crippen MR) is 294 cm³/mol. The van der Waals surface area contributed by atoms with E-state index in [0.717, 1.165) is 96.3 Å². The van der Waals surface area contributed by atoms with Gasteiger partial charge in [0.15, 0.2) is 24.6 Å². The Bertz CT molecular complexity index is 1500. The molecule has 12 nitrogen and oxygen atoms in total. The zero-order valence-electron chi connectivity index (χ0n) is 46.1. The molecule has 0 aliphatic carbocycles. The number of unbranched alkanes of at least 4 members (excludes halogenated alkanes) is 25. The third-order valence-corrected chi connectivity index (χ3v) is 13.1. The Morgan fingerprint density at radius 2 is 0.863 bits per heavy atom. The van der Waals surface area contributed by atoms with Gasteiger partial charge in [-0.3, -0.25) is 14.4 Å². The highest BCUT2D eigenvalue weighted by atomic mass is 16.7. The second kappa shape index (κ2) is 49.3. The van der Waals surface area contributed by atoms with Crippen LogP contribution in [0.1, 0.15) is 252 Å². The maximum Gasteiger partial charge on any atom is 0.335 e. The number of carboxylic acid groups (broad SMARTS) is 1. The summed E-state index contributed by atoms with van der Waals surface area (Å²) in [6, 6.07) is 0. The van der Waals surface area contributed by atoms with Crippen molar-refractivity contribution in [1.82, 2.24) is 0 Å². The topological polar surface area (TPSA) is 175 Å². The lowest BCUT2D eigenvalue weighted by Crippen LogP contribution is -2.61. The first-order valence-corrected chi connectivity index (χ1v) is 29.3. The zero-order valence-corrected chi connectivity index (χ0v) is 46.1. The molecule has 0 aromatic carbocycles. The fourth-order valence-electron chi connectivity index (χ4n) is 8.59. The number of aliphatic carboxylic acids is 1. The third-order valence-electron chi connectivity index (χ3n) is 13.1. The highest BCUT2D eigenvalue weighted by Gasteiger charge is 2.50. The van der Waals surface area contributed by atoms with Gasteiger partial charge in [-0.15, -0.1) is 0 Å². The molecule has 0 bridgehead atoms. The number of ether oxygens (including phenoxy) is 5. The standard InChI is InChI=1S/C61H104O12/c1-4-7-10-13-16-19-22-25-27-30-32-35-38-41-44-47-53(62)69-50-52(71-54(63)48-45-42-39-36-34-31-28-26-23-20-17-14-11-8-5-2)51-70-61-59(57(66)56(65)58(73-61)60(67)68)72-55(64)49-46-43-40-37-33-29-24-21-18-15-12-9-6-3/h7,10,16,19,21,24-25,27,32,35,52,56-59,61,65-66H,4-6,8-9,11-15,17-18,20,22-23,26,28-31,33-34,36-51H2,1-3H3,(H,67,68)/b10-7-,19-16-,24-21-,27-25-,35-32-. The molecule has 0 aromatic rings. The Morgan fingerprint density at radius 3 is 1.37 bits per heavy atom. The number of aliphatic hydroxyl groups excluding tert-OH is 2. The zero-order chi connectivity index (χ0) is 53.3. The number of hydrogen-bond acceptors (Lipinski definition) is 11. The van der Waals surface area contributed by atoms with Crippen LogP contribution >= 0.6 is 0 Å². The van der Waals surface area contributed by atoms with Gasteiger partial charge in [0.05, 0.1) is 6.61 Å². The van der Waals surface area contributed by atoms with E-state index >= 15 is 0 Å².